The fourth-order valence-electron chi connectivity index (χ4n) is 8.15. The minimum Gasteiger partial charge on any atom is -0.289 e. The van der Waals surface area contributed by atoms with Crippen LogP contribution in [0.3, 0.4) is 0 Å². The Bertz CT molecular complexity index is 2950. The molecule has 2 heterocycles. The lowest BCUT2D eigenvalue weighted by Crippen LogP contribution is -2.16. The van der Waals surface area contributed by atoms with Crippen LogP contribution in [0.2, 0.25) is 0 Å². The minimum atomic E-state index is -0.426. The van der Waals surface area contributed by atoms with Crippen LogP contribution >= 0.6 is 0 Å². The average molecular weight is 723 g/mol. The van der Waals surface area contributed by atoms with Crippen molar-refractivity contribution in [2.24, 2.45) is 0 Å². The molecule has 10 rings (SSSR count). The number of hydrogen-bond donors (Lipinski definition) is 0. The van der Waals surface area contributed by atoms with Gasteiger partial charge in [0.15, 0.2) is 23.2 Å². The number of nitrogens with zero attached hydrogens (tertiary/aromatic N) is 4. The van der Waals surface area contributed by atoms with Crippen LogP contribution in [0.5, 0.6) is 0 Å². The number of fused-ring (bicyclic) bond motifs is 6. The van der Waals surface area contributed by atoms with Gasteiger partial charge in [0.2, 0.25) is 5.95 Å². The third kappa shape index (κ3) is 5.37. The Labute approximate surface area is 323 Å². The van der Waals surface area contributed by atoms with E-state index in [2.05, 4.69) is 42.7 Å². The first-order valence-electron chi connectivity index (χ1n) is 18.7. The Balaban J connectivity index is 1.23. The maximum atomic E-state index is 13.9. The SMILES string of the molecule is CC1(C)c2cc(C(=O)c3ccccc3)ccc2-c2cc3c4ccc(C(=O)c5ccccc5)cc4n(-c4nc(-c5ccccc5)nc(-c5ccccc5)n4)c3cc21. The summed E-state index contributed by atoms with van der Waals surface area (Å²) in [6.07, 6.45) is 0. The third-order valence-electron chi connectivity index (χ3n) is 11.0. The van der Waals surface area contributed by atoms with E-state index in [0.29, 0.717) is 39.9 Å². The van der Waals surface area contributed by atoms with Crippen LogP contribution in [-0.4, -0.2) is 31.1 Å². The maximum Gasteiger partial charge on any atom is 0.238 e. The Hall–Kier alpha value is -7.31. The van der Waals surface area contributed by atoms with Crippen molar-refractivity contribution in [3.8, 4) is 39.9 Å². The number of aromatic nitrogens is 4. The lowest BCUT2D eigenvalue weighted by atomic mass is 9.81. The van der Waals surface area contributed by atoms with E-state index in [1.54, 1.807) is 0 Å². The minimum absolute atomic E-state index is 0.00174. The predicted octanol–water partition coefficient (Wildman–Crippen LogP) is 11.1. The lowest BCUT2D eigenvalue weighted by Gasteiger charge is -2.22. The van der Waals surface area contributed by atoms with E-state index in [-0.39, 0.29) is 11.6 Å². The van der Waals surface area contributed by atoms with Crippen LogP contribution in [0.4, 0.5) is 0 Å². The first kappa shape index (κ1) is 33.3. The average Bonchev–Trinajstić information content (AvgIpc) is 3.70. The van der Waals surface area contributed by atoms with E-state index < -0.39 is 5.41 Å². The highest BCUT2D eigenvalue weighted by atomic mass is 16.1. The van der Waals surface area contributed by atoms with Crippen molar-refractivity contribution in [1.82, 2.24) is 19.5 Å². The van der Waals surface area contributed by atoms with Gasteiger partial charge < -0.3 is 0 Å². The molecule has 0 saturated heterocycles. The molecule has 0 spiro atoms. The molecule has 1 aliphatic rings. The van der Waals surface area contributed by atoms with Crippen LogP contribution in [0, 0.1) is 0 Å². The highest BCUT2D eigenvalue weighted by molar-refractivity contribution is 6.16. The molecule has 6 heteroatoms. The first-order valence-corrected chi connectivity index (χ1v) is 18.7. The van der Waals surface area contributed by atoms with Gasteiger partial charge >= 0.3 is 0 Å². The molecule has 266 valence electrons. The summed E-state index contributed by atoms with van der Waals surface area (Å²) in [6.45, 7) is 4.43. The number of rotatable bonds is 7. The van der Waals surface area contributed by atoms with Crippen molar-refractivity contribution in [3.63, 3.8) is 0 Å². The van der Waals surface area contributed by atoms with Crippen LogP contribution < -0.4 is 0 Å². The van der Waals surface area contributed by atoms with Crippen molar-refractivity contribution in [3.05, 3.63) is 203 Å². The molecule has 0 N–H and O–H groups in total. The van der Waals surface area contributed by atoms with Crippen LogP contribution in [0.15, 0.2) is 170 Å². The van der Waals surface area contributed by atoms with Gasteiger partial charge in [0, 0.05) is 49.6 Å². The second-order valence-electron chi connectivity index (χ2n) is 14.8. The summed E-state index contributed by atoms with van der Waals surface area (Å²) < 4.78 is 2.08. The van der Waals surface area contributed by atoms with Gasteiger partial charge in [0.05, 0.1) is 11.0 Å². The van der Waals surface area contributed by atoms with Crippen molar-refractivity contribution in [1.29, 1.82) is 0 Å². The topological polar surface area (TPSA) is 77.7 Å². The molecule has 2 aromatic heterocycles. The van der Waals surface area contributed by atoms with E-state index in [0.717, 1.165) is 55.2 Å². The van der Waals surface area contributed by atoms with Gasteiger partial charge in [-0.15, -0.1) is 0 Å². The summed E-state index contributed by atoms with van der Waals surface area (Å²) in [5, 5.41) is 1.98. The molecule has 9 aromatic rings. The Morgan fingerprint density at radius 1 is 0.446 bits per heavy atom. The van der Waals surface area contributed by atoms with Gasteiger partial charge in [-0.2, -0.15) is 9.97 Å². The number of carbonyl (C=O) groups is 2. The molecule has 0 bridgehead atoms. The molecule has 56 heavy (non-hydrogen) atoms. The zero-order chi connectivity index (χ0) is 38.0. The third-order valence-corrected chi connectivity index (χ3v) is 11.0. The number of hydrogen-bond acceptors (Lipinski definition) is 5. The summed E-state index contributed by atoms with van der Waals surface area (Å²) >= 11 is 0. The van der Waals surface area contributed by atoms with E-state index in [9.17, 15) is 9.59 Å². The molecule has 0 atom stereocenters. The van der Waals surface area contributed by atoms with Crippen molar-refractivity contribution in [2.75, 3.05) is 0 Å². The molecule has 0 radical (unpaired) electrons. The van der Waals surface area contributed by atoms with E-state index >= 15 is 0 Å². The monoisotopic (exact) mass is 722 g/mol. The molecule has 1 aliphatic carbocycles. The second kappa shape index (κ2) is 12.9. The highest BCUT2D eigenvalue weighted by Crippen LogP contribution is 2.51. The van der Waals surface area contributed by atoms with Gasteiger partial charge in [0.1, 0.15) is 0 Å². The normalized spacial score (nSPS) is 12.8. The van der Waals surface area contributed by atoms with Crippen LogP contribution in [0.25, 0.3) is 61.7 Å². The summed E-state index contributed by atoms with van der Waals surface area (Å²) in [5.41, 5.74) is 10.0. The molecule has 7 aromatic carbocycles. The molecule has 0 aliphatic heterocycles. The zero-order valence-corrected chi connectivity index (χ0v) is 30.8. The van der Waals surface area contributed by atoms with E-state index in [1.165, 1.54) is 0 Å². The summed E-state index contributed by atoms with van der Waals surface area (Å²) in [7, 11) is 0. The van der Waals surface area contributed by atoms with Crippen LogP contribution in [-0.2, 0) is 5.41 Å². The van der Waals surface area contributed by atoms with Gasteiger partial charge in [-0.1, -0.05) is 159 Å². The fourth-order valence-corrected chi connectivity index (χ4v) is 8.15. The second-order valence-corrected chi connectivity index (χ2v) is 14.8. The Kier molecular flexibility index (Phi) is 7.68. The Morgan fingerprint density at radius 2 is 0.929 bits per heavy atom. The maximum absolute atomic E-state index is 13.9. The molecular weight excluding hydrogens is 689 g/mol. The van der Waals surface area contributed by atoms with Gasteiger partial charge in [-0.3, -0.25) is 14.2 Å². The smallest absolute Gasteiger partial charge is 0.238 e. The summed E-state index contributed by atoms with van der Waals surface area (Å²) in [4.78, 5) is 42.8. The van der Waals surface area contributed by atoms with Crippen molar-refractivity contribution >= 4 is 33.4 Å². The molecule has 6 nitrogen and oxygen atoms in total. The Morgan fingerprint density at radius 3 is 1.50 bits per heavy atom. The zero-order valence-electron chi connectivity index (χ0n) is 30.8. The van der Waals surface area contributed by atoms with E-state index in [1.807, 2.05) is 146 Å². The quantitative estimate of drug-likeness (QED) is 0.153. The molecule has 0 fully saturated rings. The number of benzene rings is 7. The van der Waals surface area contributed by atoms with Gasteiger partial charge in [-0.05, 0) is 46.5 Å². The number of ketones is 2. The van der Waals surface area contributed by atoms with E-state index in [4.69, 9.17) is 15.0 Å². The van der Waals surface area contributed by atoms with Gasteiger partial charge in [0.25, 0.3) is 0 Å². The number of carbonyl (C=O) groups excluding carboxylic acids is 2. The first-order chi connectivity index (χ1) is 27.3. The van der Waals surface area contributed by atoms with Gasteiger partial charge in [-0.25, -0.2) is 4.98 Å². The highest BCUT2D eigenvalue weighted by Gasteiger charge is 2.37. The largest absolute Gasteiger partial charge is 0.289 e. The molecule has 0 saturated carbocycles. The standard InChI is InChI=1S/C50H34N4O2/c1-50(2)41-27-35(45(55)31-15-7-3-8-16-31)23-25-37(41)39-29-40-38-26-24-36(46(56)32-17-9-4-10-18-32)28-43(38)54(44(40)30-42(39)50)49-52-47(33-19-11-5-12-20-33)51-48(53-49)34-21-13-6-14-22-34/h3-30H,1-2H3. The molecule has 0 unspecified atom stereocenters. The summed E-state index contributed by atoms with van der Waals surface area (Å²) in [5.74, 6) is 1.48. The van der Waals surface area contributed by atoms with Crippen molar-refractivity contribution < 1.29 is 9.59 Å². The predicted molar refractivity (Wildman–Crippen MR) is 222 cm³/mol. The summed E-state index contributed by atoms with van der Waals surface area (Å²) in [6, 6.07) is 55.1. The fraction of sp³-hybridized carbons (Fsp3) is 0.0600. The van der Waals surface area contributed by atoms with Crippen LogP contribution in [0.1, 0.15) is 56.8 Å². The lowest BCUT2D eigenvalue weighted by molar-refractivity contribution is 0.103. The van der Waals surface area contributed by atoms with Crippen molar-refractivity contribution in [2.45, 2.75) is 19.3 Å². The molecular formula is C50H34N4O2. The molecule has 0 amide bonds.